The van der Waals surface area contributed by atoms with Crippen molar-refractivity contribution in [3.8, 4) is 0 Å². The number of hydrogen-bond donors (Lipinski definition) is 1. The van der Waals surface area contributed by atoms with E-state index in [0.29, 0.717) is 29.1 Å². The largest absolute Gasteiger partial charge is 0.330 e. The summed E-state index contributed by atoms with van der Waals surface area (Å²) in [6.45, 7) is 6.29. The number of nitrogens with one attached hydrogen (secondary N) is 1. The third-order valence-electron chi connectivity index (χ3n) is 4.72. The molecule has 6 heteroatoms. The second-order valence-electron chi connectivity index (χ2n) is 7.06. The molecule has 2 aromatic rings. The Morgan fingerprint density at radius 3 is 2.85 bits per heavy atom. The number of halogens is 2. The first-order chi connectivity index (χ1) is 12.5. The van der Waals surface area contributed by atoms with Crippen LogP contribution in [0.25, 0.3) is 0 Å². The van der Waals surface area contributed by atoms with Crippen LogP contribution in [-0.4, -0.2) is 30.4 Å². The lowest BCUT2D eigenvalue weighted by Crippen LogP contribution is -2.44. The summed E-state index contributed by atoms with van der Waals surface area (Å²) in [5.41, 5.74) is 2.12. The number of rotatable bonds is 6. The number of carbonyl (C=O) groups excluding carboxylic acids is 1. The molecule has 0 saturated heterocycles. The van der Waals surface area contributed by atoms with Crippen LogP contribution in [0.3, 0.4) is 0 Å². The van der Waals surface area contributed by atoms with Gasteiger partial charge in [-0.25, -0.2) is 0 Å². The van der Waals surface area contributed by atoms with E-state index in [4.69, 9.17) is 23.2 Å². The summed E-state index contributed by atoms with van der Waals surface area (Å²) >= 11 is 14.3. The van der Waals surface area contributed by atoms with Crippen molar-refractivity contribution in [2.24, 2.45) is 5.92 Å². The summed E-state index contributed by atoms with van der Waals surface area (Å²) in [4.78, 5) is 16.2. The molecule has 0 saturated carbocycles. The van der Waals surface area contributed by atoms with E-state index in [2.05, 4.69) is 30.6 Å². The molecule has 1 aliphatic rings. The van der Waals surface area contributed by atoms with Gasteiger partial charge >= 0.3 is 0 Å². The van der Waals surface area contributed by atoms with Gasteiger partial charge in [-0.2, -0.15) is 0 Å². The van der Waals surface area contributed by atoms with Gasteiger partial charge in [0.05, 0.1) is 12.6 Å². The van der Waals surface area contributed by atoms with Crippen LogP contribution in [0.4, 0.5) is 0 Å². The normalized spacial score (nSPS) is 16.8. The molecule has 3 rings (SSSR count). The fourth-order valence-corrected chi connectivity index (χ4v) is 4.75. The summed E-state index contributed by atoms with van der Waals surface area (Å²) in [5, 5.41) is 6.59. The first-order valence-corrected chi connectivity index (χ1v) is 10.6. The number of hydrogen-bond acceptors (Lipinski definition) is 3. The van der Waals surface area contributed by atoms with Crippen LogP contribution in [0, 0.1) is 5.92 Å². The van der Waals surface area contributed by atoms with E-state index >= 15 is 0 Å². The third-order valence-corrected chi connectivity index (χ3v) is 6.28. The second-order valence-corrected chi connectivity index (χ2v) is 8.91. The van der Waals surface area contributed by atoms with E-state index in [1.165, 1.54) is 10.4 Å². The van der Waals surface area contributed by atoms with Crippen LogP contribution >= 0.6 is 34.5 Å². The van der Waals surface area contributed by atoms with Gasteiger partial charge in [-0.1, -0.05) is 43.1 Å². The van der Waals surface area contributed by atoms with Gasteiger partial charge in [0.25, 0.3) is 0 Å². The fraction of sp³-hybridized carbons (Fsp3) is 0.450. The van der Waals surface area contributed by atoms with Crippen molar-refractivity contribution < 1.29 is 4.79 Å². The molecule has 140 valence electrons. The average Bonchev–Trinajstić information content (AvgIpc) is 3.06. The van der Waals surface area contributed by atoms with Gasteiger partial charge in [0.2, 0.25) is 5.91 Å². The smallest absolute Gasteiger partial charge is 0.237 e. The number of thiophene rings is 1. The van der Waals surface area contributed by atoms with Crippen molar-refractivity contribution in [3.63, 3.8) is 0 Å². The second kappa shape index (κ2) is 8.75. The third kappa shape index (κ3) is 4.42. The van der Waals surface area contributed by atoms with Crippen LogP contribution in [0.2, 0.25) is 10.0 Å². The maximum absolute atomic E-state index is 12.9. The van der Waals surface area contributed by atoms with Gasteiger partial charge < -0.3 is 10.2 Å². The highest BCUT2D eigenvalue weighted by Gasteiger charge is 2.33. The van der Waals surface area contributed by atoms with Crippen molar-refractivity contribution in [2.75, 3.05) is 19.6 Å². The van der Waals surface area contributed by atoms with E-state index in [0.717, 1.165) is 24.9 Å². The van der Waals surface area contributed by atoms with E-state index in [1.54, 1.807) is 17.4 Å². The van der Waals surface area contributed by atoms with Gasteiger partial charge in [0, 0.05) is 21.5 Å². The van der Waals surface area contributed by atoms with Crippen molar-refractivity contribution in [1.82, 2.24) is 10.2 Å². The molecule has 0 aliphatic carbocycles. The van der Waals surface area contributed by atoms with Crippen LogP contribution in [0.15, 0.2) is 29.6 Å². The number of fused-ring (bicyclic) bond motifs is 1. The Kier molecular flexibility index (Phi) is 6.62. The zero-order valence-electron chi connectivity index (χ0n) is 15.1. The predicted molar refractivity (Wildman–Crippen MR) is 110 cm³/mol. The molecule has 1 N–H and O–H groups in total. The highest BCUT2D eigenvalue weighted by Crippen LogP contribution is 2.40. The molecule has 0 spiro atoms. The van der Waals surface area contributed by atoms with E-state index in [9.17, 15) is 4.79 Å². The molecular formula is C20H24Cl2N2OS. The molecule has 0 fully saturated rings. The predicted octanol–water partition coefficient (Wildman–Crippen LogP) is 5.16. The fourth-order valence-electron chi connectivity index (χ4n) is 3.33. The molecule has 1 aromatic carbocycles. The summed E-state index contributed by atoms with van der Waals surface area (Å²) in [7, 11) is 0. The molecule has 0 bridgehead atoms. The van der Waals surface area contributed by atoms with Crippen LogP contribution in [-0.2, 0) is 11.2 Å². The highest BCUT2D eigenvalue weighted by atomic mass is 35.5. The van der Waals surface area contributed by atoms with Crippen molar-refractivity contribution in [1.29, 1.82) is 0 Å². The molecule has 3 nitrogen and oxygen atoms in total. The topological polar surface area (TPSA) is 32.3 Å². The minimum absolute atomic E-state index is 0.113. The number of carbonyl (C=O) groups is 1. The molecule has 1 unspecified atom stereocenters. The molecular weight excluding hydrogens is 387 g/mol. The Morgan fingerprint density at radius 1 is 1.31 bits per heavy atom. The average molecular weight is 411 g/mol. The van der Waals surface area contributed by atoms with E-state index in [-0.39, 0.29) is 11.9 Å². The summed E-state index contributed by atoms with van der Waals surface area (Å²) in [5.74, 6) is 0.739. The van der Waals surface area contributed by atoms with Gasteiger partial charge in [-0.05, 0) is 60.0 Å². The molecule has 1 aromatic heterocycles. The lowest BCUT2D eigenvalue weighted by atomic mass is 9.93. The summed E-state index contributed by atoms with van der Waals surface area (Å²) in [6, 6.07) is 7.50. The van der Waals surface area contributed by atoms with Gasteiger partial charge in [0.15, 0.2) is 0 Å². The lowest BCUT2D eigenvalue weighted by molar-refractivity contribution is -0.132. The van der Waals surface area contributed by atoms with Crippen LogP contribution in [0.1, 0.15) is 42.3 Å². The van der Waals surface area contributed by atoms with Crippen molar-refractivity contribution >= 4 is 40.4 Å². The molecule has 26 heavy (non-hydrogen) atoms. The SMILES string of the molecule is CC(C)CCNCC(=O)N1CCc2sccc2C1c1ccc(Cl)cc1Cl. The zero-order valence-corrected chi connectivity index (χ0v) is 17.4. The van der Waals surface area contributed by atoms with E-state index in [1.807, 2.05) is 17.0 Å². The standard InChI is InChI=1S/C20H24Cl2N2OS/c1-13(2)5-8-23-12-19(25)24-9-6-18-16(7-10-26-18)20(24)15-4-3-14(21)11-17(15)22/h3-4,7,10-11,13,20,23H,5-6,8-9,12H2,1-2H3. The minimum atomic E-state index is -0.144. The minimum Gasteiger partial charge on any atom is -0.330 e. The van der Waals surface area contributed by atoms with Gasteiger partial charge in [-0.15, -0.1) is 11.3 Å². The molecule has 2 heterocycles. The first kappa shape index (κ1) is 19.7. The highest BCUT2D eigenvalue weighted by molar-refractivity contribution is 7.10. The molecule has 0 radical (unpaired) electrons. The Hall–Kier alpha value is -1.07. The summed E-state index contributed by atoms with van der Waals surface area (Å²) < 4.78 is 0. The molecule has 1 amide bonds. The summed E-state index contributed by atoms with van der Waals surface area (Å²) in [6.07, 6.45) is 1.96. The maximum atomic E-state index is 12.9. The van der Waals surface area contributed by atoms with Crippen LogP contribution in [0.5, 0.6) is 0 Å². The Morgan fingerprint density at radius 2 is 2.12 bits per heavy atom. The first-order valence-electron chi connectivity index (χ1n) is 8.98. The number of amides is 1. The van der Waals surface area contributed by atoms with Crippen molar-refractivity contribution in [3.05, 3.63) is 55.7 Å². The quantitative estimate of drug-likeness (QED) is 0.666. The number of nitrogens with zero attached hydrogens (tertiary/aromatic N) is 1. The monoisotopic (exact) mass is 410 g/mol. The molecule has 1 aliphatic heterocycles. The lowest BCUT2D eigenvalue weighted by Gasteiger charge is -2.37. The Balaban J connectivity index is 1.83. The Bertz CT molecular complexity index is 775. The van der Waals surface area contributed by atoms with Crippen molar-refractivity contribution in [2.45, 2.75) is 32.7 Å². The van der Waals surface area contributed by atoms with Gasteiger partial charge in [0.1, 0.15) is 0 Å². The molecule has 1 atom stereocenters. The number of benzene rings is 1. The van der Waals surface area contributed by atoms with Gasteiger partial charge in [-0.3, -0.25) is 4.79 Å². The van der Waals surface area contributed by atoms with E-state index < -0.39 is 0 Å². The Labute approximate surface area is 169 Å². The maximum Gasteiger partial charge on any atom is 0.237 e. The van der Waals surface area contributed by atoms with Crippen LogP contribution < -0.4 is 5.32 Å². The zero-order chi connectivity index (χ0) is 18.7.